The van der Waals surface area contributed by atoms with E-state index in [9.17, 15) is 8.42 Å². The van der Waals surface area contributed by atoms with Crippen molar-refractivity contribution in [2.75, 3.05) is 17.9 Å². The highest BCUT2D eigenvalue weighted by atomic mass is 32.2. The molecule has 1 N–H and O–H groups in total. The average Bonchev–Trinajstić information content (AvgIpc) is 2.56. The number of aryl methyl sites for hydroxylation is 1. The van der Waals surface area contributed by atoms with Crippen LogP contribution in [0.2, 0.25) is 0 Å². The normalized spacial score (nSPS) is 13.6. The summed E-state index contributed by atoms with van der Waals surface area (Å²) in [4.78, 5) is 0.152. The van der Waals surface area contributed by atoms with Crippen LogP contribution in [0.4, 0.5) is 5.69 Å². The van der Waals surface area contributed by atoms with Gasteiger partial charge >= 0.3 is 0 Å². The Morgan fingerprint density at radius 2 is 1.70 bits per heavy atom. The molecule has 0 atom stereocenters. The summed E-state index contributed by atoms with van der Waals surface area (Å²) in [6.07, 6.45) is 2.04. The van der Waals surface area contributed by atoms with Gasteiger partial charge in [0.05, 0.1) is 4.90 Å². The van der Waals surface area contributed by atoms with Gasteiger partial charge in [-0.25, -0.2) is 8.42 Å². The van der Waals surface area contributed by atoms with Gasteiger partial charge < -0.3 is 9.47 Å². The fourth-order valence-electron chi connectivity index (χ4n) is 2.43. The first-order chi connectivity index (χ1) is 11.1. The SMILES string of the molecule is CCCc1ccc(NS(=O)(=O)c2ccc3c(c2)OCCO3)cc1. The number of fused-ring (bicyclic) bond motifs is 1. The lowest BCUT2D eigenvalue weighted by molar-refractivity contribution is 0.171. The van der Waals surface area contributed by atoms with Crippen molar-refractivity contribution in [1.29, 1.82) is 0 Å². The minimum atomic E-state index is -3.66. The third kappa shape index (κ3) is 3.59. The summed E-state index contributed by atoms with van der Waals surface area (Å²) >= 11 is 0. The van der Waals surface area contributed by atoms with E-state index < -0.39 is 10.0 Å². The van der Waals surface area contributed by atoms with Gasteiger partial charge in [-0.1, -0.05) is 25.5 Å². The first kappa shape index (κ1) is 15.7. The second-order valence-corrected chi connectivity index (χ2v) is 7.04. The minimum absolute atomic E-state index is 0.152. The minimum Gasteiger partial charge on any atom is -0.486 e. The smallest absolute Gasteiger partial charge is 0.262 e. The molecule has 0 aliphatic carbocycles. The summed E-state index contributed by atoms with van der Waals surface area (Å²) in [6, 6.07) is 12.1. The second-order valence-electron chi connectivity index (χ2n) is 5.36. The fraction of sp³-hybridized carbons (Fsp3) is 0.294. The maximum Gasteiger partial charge on any atom is 0.262 e. The Morgan fingerprint density at radius 1 is 1.00 bits per heavy atom. The number of rotatable bonds is 5. The number of anilines is 1. The zero-order chi connectivity index (χ0) is 16.3. The van der Waals surface area contributed by atoms with Crippen molar-refractivity contribution in [3.8, 4) is 11.5 Å². The van der Waals surface area contributed by atoms with Crippen molar-refractivity contribution in [3.05, 3.63) is 48.0 Å². The summed E-state index contributed by atoms with van der Waals surface area (Å²) < 4.78 is 38.4. The van der Waals surface area contributed by atoms with E-state index in [0.29, 0.717) is 30.4 Å². The van der Waals surface area contributed by atoms with E-state index >= 15 is 0 Å². The number of nitrogens with one attached hydrogen (secondary N) is 1. The molecule has 23 heavy (non-hydrogen) atoms. The molecule has 2 aromatic carbocycles. The molecule has 0 fully saturated rings. The lowest BCUT2D eigenvalue weighted by atomic mass is 10.1. The second kappa shape index (κ2) is 6.50. The van der Waals surface area contributed by atoms with E-state index in [0.717, 1.165) is 12.8 Å². The highest BCUT2D eigenvalue weighted by Gasteiger charge is 2.19. The summed E-state index contributed by atoms with van der Waals surface area (Å²) in [6.45, 7) is 3.00. The van der Waals surface area contributed by atoms with Crippen molar-refractivity contribution in [3.63, 3.8) is 0 Å². The molecule has 0 saturated heterocycles. The van der Waals surface area contributed by atoms with Crippen LogP contribution >= 0.6 is 0 Å². The van der Waals surface area contributed by atoms with Crippen LogP contribution in [0.15, 0.2) is 47.4 Å². The van der Waals surface area contributed by atoms with Gasteiger partial charge in [-0.3, -0.25) is 4.72 Å². The summed E-state index contributed by atoms with van der Waals surface area (Å²) in [5, 5.41) is 0. The van der Waals surface area contributed by atoms with Crippen molar-refractivity contribution in [2.24, 2.45) is 0 Å². The number of hydrogen-bond acceptors (Lipinski definition) is 4. The molecule has 5 nitrogen and oxygen atoms in total. The molecule has 6 heteroatoms. The third-order valence-corrected chi connectivity index (χ3v) is 4.95. The number of sulfonamides is 1. The molecular weight excluding hydrogens is 314 g/mol. The zero-order valence-corrected chi connectivity index (χ0v) is 13.7. The highest BCUT2D eigenvalue weighted by molar-refractivity contribution is 7.92. The van der Waals surface area contributed by atoms with E-state index in [1.165, 1.54) is 17.7 Å². The van der Waals surface area contributed by atoms with E-state index in [-0.39, 0.29) is 4.90 Å². The molecule has 1 aliphatic heterocycles. The molecular formula is C17H19NO4S. The van der Waals surface area contributed by atoms with Gasteiger partial charge in [0.1, 0.15) is 13.2 Å². The predicted octanol–water partition coefficient (Wildman–Crippen LogP) is 3.21. The van der Waals surface area contributed by atoms with Crippen molar-refractivity contribution in [2.45, 2.75) is 24.7 Å². The van der Waals surface area contributed by atoms with Crippen LogP contribution < -0.4 is 14.2 Å². The number of benzene rings is 2. The number of hydrogen-bond donors (Lipinski definition) is 1. The quantitative estimate of drug-likeness (QED) is 0.912. The molecule has 2 aromatic rings. The standard InChI is InChI=1S/C17H19NO4S/c1-2-3-13-4-6-14(7-5-13)18-23(19,20)15-8-9-16-17(12-15)22-11-10-21-16/h4-9,12,18H,2-3,10-11H2,1H3. The van der Waals surface area contributed by atoms with Crippen molar-refractivity contribution >= 4 is 15.7 Å². The van der Waals surface area contributed by atoms with Crippen molar-refractivity contribution < 1.29 is 17.9 Å². The van der Waals surface area contributed by atoms with Gasteiger partial charge in [0.2, 0.25) is 0 Å². The molecule has 1 aliphatic rings. The van der Waals surface area contributed by atoms with Gasteiger partial charge in [-0.15, -0.1) is 0 Å². The van der Waals surface area contributed by atoms with Crippen LogP contribution in [0, 0.1) is 0 Å². The Labute approximate surface area is 136 Å². The first-order valence-corrected chi connectivity index (χ1v) is 9.08. The first-order valence-electron chi connectivity index (χ1n) is 7.60. The van der Waals surface area contributed by atoms with Crippen LogP contribution in [0.1, 0.15) is 18.9 Å². The molecule has 0 aromatic heterocycles. The monoisotopic (exact) mass is 333 g/mol. The summed E-state index contributed by atoms with van der Waals surface area (Å²) in [7, 11) is -3.66. The zero-order valence-electron chi connectivity index (χ0n) is 12.9. The van der Waals surface area contributed by atoms with Crippen LogP contribution in [-0.4, -0.2) is 21.6 Å². The van der Waals surface area contributed by atoms with E-state index in [1.807, 2.05) is 12.1 Å². The third-order valence-electron chi connectivity index (χ3n) is 3.57. The molecule has 122 valence electrons. The van der Waals surface area contributed by atoms with Crippen LogP contribution in [0.3, 0.4) is 0 Å². The average molecular weight is 333 g/mol. The molecule has 3 rings (SSSR count). The summed E-state index contributed by atoms with van der Waals surface area (Å²) in [5.41, 5.74) is 1.73. The fourth-order valence-corrected chi connectivity index (χ4v) is 3.51. The van der Waals surface area contributed by atoms with E-state index in [2.05, 4.69) is 11.6 Å². The van der Waals surface area contributed by atoms with E-state index in [4.69, 9.17) is 9.47 Å². The Bertz CT molecular complexity index is 785. The number of ether oxygens (including phenoxy) is 2. The van der Waals surface area contributed by atoms with Gasteiger partial charge in [-0.2, -0.15) is 0 Å². The Morgan fingerprint density at radius 3 is 2.39 bits per heavy atom. The van der Waals surface area contributed by atoms with Crippen LogP contribution in [-0.2, 0) is 16.4 Å². The Kier molecular flexibility index (Phi) is 4.43. The van der Waals surface area contributed by atoms with Gasteiger partial charge in [0.25, 0.3) is 10.0 Å². The maximum atomic E-state index is 12.5. The lowest BCUT2D eigenvalue weighted by Gasteiger charge is -2.19. The van der Waals surface area contributed by atoms with Gasteiger partial charge in [-0.05, 0) is 36.2 Å². The Balaban J connectivity index is 1.81. The topological polar surface area (TPSA) is 64.6 Å². The van der Waals surface area contributed by atoms with Crippen LogP contribution in [0.25, 0.3) is 0 Å². The maximum absolute atomic E-state index is 12.5. The van der Waals surface area contributed by atoms with Crippen LogP contribution in [0.5, 0.6) is 11.5 Å². The largest absolute Gasteiger partial charge is 0.486 e. The molecule has 0 saturated carbocycles. The lowest BCUT2D eigenvalue weighted by Crippen LogP contribution is -2.17. The molecule has 1 heterocycles. The molecule has 0 radical (unpaired) electrons. The molecule has 0 spiro atoms. The van der Waals surface area contributed by atoms with Crippen molar-refractivity contribution in [1.82, 2.24) is 0 Å². The molecule has 0 bridgehead atoms. The van der Waals surface area contributed by atoms with Gasteiger partial charge in [0.15, 0.2) is 11.5 Å². The summed E-state index contributed by atoms with van der Waals surface area (Å²) in [5.74, 6) is 1.02. The van der Waals surface area contributed by atoms with Gasteiger partial charge in [0, 0.05) is 11.8 Å². The van der Waals surface area contributed by atoms with E-state index in [1.54, 1.807) is 18.2 Å². The predicted molar refractivity (Wildman–Crippen MR) is 88.7 cm³/mol. The molecule has 0 amide bonds. The Hall–Kier alpha value is -2.21. The molecule has 0 unspecified atom stereocenters. The highest BCUT2D eigenvalue weighted by Crippen LogP contribution is 2.32.